The molecule has 1 N–H and O–H groups in total. The number of hydrogen-bond acceptors (Lipinski definition) is 5. The van der Waals surface area contributed by atoms with Crippen LogP contribution in [0.2, 0.25) is 0 Å². The summed E-state index contributed by atoms with van der Waals surface area (Å²) in [5.74, 6) is 0.707. The van der Waals surface area contributed by atoms with Crippen molar-refractivity contribution in [1.29, 1.82) is 0 Å². The highest BCUT2D eigenvalue weighted by Crippen LogP contribution is 2.36. The molecule has 7 nitrogen and oxygen atoms in total. The minimum Gasteiger partial charge on any atom is -0.489 e. The van der Waals surface area contributed by atoms with E-state index in [-0.39, 0.29) is 12.0 Å². The van der Waals surface area contributed by atoms with Gasteiger partial charge in [0, 0.05) is 35.5 Å². The monoisotopic (exact) mass is 539 g/mol. The first kappa shape index (κ1) is 27.5. The number of ether oxygens (including phenoxy) is 2. The molecule has 3 aliphatic rings. The number of allylic oxidation sites excluding steroid dienone is 1. The van der Waals surface area contributed by atoms with Gasteiger partial charge in [-0.3, -0.25) is 4.79 Å². The first-order valence-electron chi connectivity index (χ1n) is 13.8. The van der Waals surface area contributed by atoms with E-state index in [4.69, 9.17) is 14.6 Å². The van der Waals surface area contributed by atoms with Crippen LogP contribution in [0.4, 0.5) is 0 Å². The maximum atomic E-state index is 11.9. The van der Waals surface area contributed by atoms with Gasteiger partial charge in [0.1, 0.15) is 18.2 Å². The van der Waals surface area contributed by atoms with Gasteiger partial charge in [-0.2, -0.15) is 5.10 Å². The van der Waals surface area contributed by atoms with Crippen molar-refractivity contribution in [2.24, 2.45) is 0 Å². The molecule has 6 rings (SSSR count). The summed E-state index contributed by atoms with van der Waals surface area (Å²) in [6, 6.07) is 18.4. The van der Waals surface area contributed by atoms with Gasteiger partial charge in [-0.1, -0.05) is 54.6 Å². The highest BCUT2D eigenvalue weighted by atomic mass is 16.5. The summed E-state index contributed by atoms with van der Waals surface area (Å²) in [6.07, 6.45) is 5.50. The van der Waals surface area contributed by atoms with Gasteiger partial charge in [0.15, 0.2) is 0 Å². The number of hydrogen-bond donors (Lipinski definition) is 1. The first-order chi connectivity index (χ1) is 19.2. The number of carbonyl (C=O) groups is 1. The van der Waals surface area contributed by atoms with Crippen LogP contribution in [-0.2, 0) is 9.53 Å². The molecule has 0 atom stereocenters. The first-order valence-corrected chi connectivity index (χ1v) is 13.8. The smallest absolute Gasteiger partial charge is 0.307 e. The number of rotatable bonds is 3. The normalized spacial score (nSPS) is 18.9. The van der Waals surface area contributed by atoms with Crippen molar-refractivity contribution in [1.82, 2.24) is 14.7 Å². The van der Waals surface area contributed by atoms with Gasteiger partial charge < -0.3 is 19.5 Å². The Hall–Kier alpha value is -4.10. The molecule has 208 valence electrons. The summed E-state index contributed by atoms with van der Waals surface area (Å²) < 4.78 is 14.4. The van der Waals surface area contributed by atoms with Gasteiger partial charge in [0.25, 0.3) is 0 Å². The quantitative estimate of drug-likeness (QED) is 0.380. The Kier molecular flexibility index (Phi) is 7.94. The van der Waals surface area contributed by atoms with Crippen LogP contribution in [-0.4, -0.2) is 57.7 Å². The number of carboxylic acid groups (broad SMARTS) is 1. The molecule has 3 aromatic rings. The fourth-order valence-corrected chi connectivity index (χ4v) is 5.39. The van der Waals surface area contributed by atoms with E-state index in [9.17, 15) is 9.90 Å². The molecule has 0 aliphatic carbocycles. The average molecular weight is 540 g/mol. The molecular weight excluding hydrogens is 502 g/mol. The lowest BCUT2D eigenvalue weighted by Crippen LogP contribution is -2.44. The number of piperidine rings is 1. The van der Waals surface area contributed by atoms with Crippen molar-refractivity contribution < 1.29 is 19.4 Å². The number of nitrogens with zero attached hydrogens (tertiary/aromatic N) is 3. The van der Waals surface area contributed by atoms with Gasteiger partial charge in [0.05, 0.1) is 24.3 Å². The van der Waals surface area contributed by atoms with Gasteiger partial charge in [0.2, 0.25) is 0 Å². The fraction of sp³-hybridized carbons (Fsp3) is 0.333. The molecule has 1 saturated heterocycles. The second kappa shape index (κ2) is 11.6. The number of aliphatic carboxylic acids is 1. The Balaban J connectivity index is 1.66. The number of aryl methyl sites for hydroxylation is 1. The highest BCUT2D eigenvalue weighted by molar-refractivity contribution is 5.77. The van der Waals surface area contributed by atoms with E-state index >= 15 is 0 Å². The molecule has 0 spiro atoms. The third kappa shape index (κ3) is 5.89. The zero-order valence-corrected chi connectivity index (χ0v) is 23.5. The SMILES string of the molecule is C=C(C)/C(CC(=O)O)=C1/N2CCC(C)(CC2)OC/C=C/COc2ccccc2-c2cccc(c2)-c2cc(C)n1n2. The van der Waals surface area contributed by atoms with Crippen LogP contribution in [0.15, 0.2) is 84.5 Å². The zero-order valence-electron chi connectivity index (χ0n) is 23.5. The Bertz CT molecular complexity index is 1470. The average Bonchev–Trinajstić information content (AvgIpc) is 3.32. The molecule has 0 radical (unpaired) electrons. The minimum atomic E-state index is -0.892. The Morgan fingerprint density at radius 2 is 1.77 bits per heavy atom. The number of carboxylic acids is 1. The lowest BCUT2D eigenvalue weighted by molar-refractivity contribution is -0.136. The lowest BCUT2D eigenvalue weighted by Gasteiger charge is -2.41. The maximum Gasteiger partial charge on any atom is 0.307 e. The molecule has 40 heavy (non-hydrogen) atoms. The van der Waals surface area contributed by atoms with E-state index in [1.807, 2.05) is 61.0 Å². The molecule has 0 unspecified atom stereocenters. The predicted molar refractivity (Wildman–Crippen MR) is 158 cm³/mol. The van der Waals surface area contributed by atoms with Gasteiger partial charge in [-0.05, 0) is 63.5 Å². The maximum absolute atomic E-state index is 11.9. The topological polar surface area (TPSA) is 76.8 Å². The van der Waals surface area contributed by atoms with Crippen molar-refractivity contribution in [3.05, 3.63) is 90.2 Å². The molecule has 2 aromatic carbocycles. The molecule has 3 aliphatic heterocycles. The van der Waals surface area contributed by atoms with Gasteiger partial charge in [-0.25, -0.2) is 4.68 Å². The number of para-hydroxylation sites is 1. The number of fused-ring (bicyclic) bond motifs is 6. The third-order valence-corrected chi connectivity index (χ3v) is 7.71. The summed E-state index contributed by atoms with van der Waals surface area (Å²) in [5, 5.41) is 14.8. The van der Waals surface area contributed by atoms with Crippen molar-refractivity contribution in [2.45, 2.75) is 45.6 Å². The summed E-state index contributed by atoms with van der Waals surface area (Å²) in [7, 11) is 0. The Morgan fingerprint density at radius 3 is 2.52 bits per heavy atom. The molecule has 6 bridgehead atoms. The van der Waals surface area contributed by atoms with E-state index in [1.165, 1.54) is 0 Å². The second-order valence-electron chi connectivity index (χ2n) is 10.8. The molecule has 1 fully saturated rings. The van der Waals surface area contributed by atoms with Crippen molar-refractivity contribution in [3.8, 4) is 28.1 Å². The van der Waals surface area contributed by atoms with E-state index in [0.29, 0.717) is 31.9 Å². The summed E-state index contributed by atoms with van der Waals surface area (Å²) in [4.78, 5) is 14.2. The minimum absolute atomic E-state index is 0.124. The van der Waals surface area contributed by atoms with E-state index in [0.717, 1.165) is 58.1 Å². The van der Waals surface area contributed by atoms with Crippen LogP contribution in [0.25, 0.3) is 28.2 Å². The largest absolute Gasteiger partial charge is 0.489 e. The van der Waals surface area contributed by atoms with E-state index in [2.05, 4.69) is 42.7 Å². The Labute approximate surface area is 236 Å². The van der Waals surface area contributed by atoms with Crippen LogP contribution in [0.5, 0.6) is 5.75 Å². The zero-order chi connectivity index (χ0) is 28.3. The van der Waals surface area contributed by atoms with Crippen LogP contribution in [0, 0.1) is 6.92 Å². The van der Waals surface area contributed by atoms with E-state index < -0.39 is 5.97 Å². The van der Waals surface area contributed by atoms with Crippen molar-refractivity contribution in [3.63, 3.8) is 0 Å². The van der Waals surface area contributed by atoms with Gasteiger partial charge in [-0.15, -0.1) is 0 Å². The predicted octanol–water partition coefficient (Wildman–Crippen LogP) is 6.56. The fourth-order valence-electron chi connectivity index (χ4n) is 5.39. The molecular formula is C33H37N3O4. The van der Waals surface area contributed by atoms with Gasteiger partial charge >= 0.3 is 5.97 Å². The third-order valence-electron chi connectivity index (χ3n) is 7.71. The van der Waals surface area contributed by atoms with Crippen LogP contribution in [0.1, 0.15) is 38.8 Å². The molecule has 1 aromatic heterocycles. The molecule has 0 saturated carbocycles. The molecule has 7 heteroatoms. The van der Waals surface area contributed by atoms with Crippen LogP contribution >= 0.6 is 0 Å². The van der Waals surface area contributed by atoms with Crippen LogP contribution in [0.3, 0.4) is 0 Å². The van der Waals surface area contributed by atoms with Crippen molar-refractivity contribution >= 4 is 11.8 Å². The number of aromatic nitrogens is 2. The number of benzene rings is 2. The van der Waals surface area contributed by atoms with Crippen LogP contribution < -0.4 is 4.74 Å². The standard InChI is InChI=1S/C33H37N3O4/c1-23(2)28(22-31(37)38)32-35-16-14-33(4,15-17-35)40-19-8-7-18-39-30-13-6-5-12-27(30)25-10-9-11-26(21-25)29-20-24(3)36(32)34-29/h5-13,20-21H,1,14-19,22H2,2-4H3,(H,37,38)/b8-7+,32-28-. The molecule has 4 heterocycles. The lowest BCUT2D eigenvalue weighted by atomic mass is 9.92. The van der Waals surface area contributed by atoms with E-state index in [1.54, 1.807) is 0 Å². The molecule has 0 amide bonds. The summed E-state index contributed by atoms with van der Waals surface area (Å²) in [6.45, 7) is 12.6. The summed E-state index contributed by atoms with van der Waals surface area (Å²) >= 11 is 0. The summed E-state index contributed by atoms with van der Waals surface area (Å²) in [5.41, 5.74) is 5.88. The highest BCUT2D eigenvalue weighted by Gasteiger charge is 2.33. The second-order valence-corrected chi connectivity index (χ2v) is 10.8. The Morgan fingerprint density at radius 1 is 1.05 bits per heavy atom. The van der Waals surface area contributed by atoms with Crippen molar-refractivity contribution in [2.75, 3.05) is 26.3 Å².